The van der Waals surface area contributed by atoms with Gasteiger partial charge in [-0.1, -0.05) is 48.5 Å². The number of para-hydroxylation sites is 1. The lowest BCUT2D eigenvalue weighted by molar-refractivity contribution is -0.141. The summed E-state index contributed by atoms with van der Waals surface area (Å²) in [6.07, 6.45) is 2.05. The lowest BCUT2D eigenvalue weighted by Crippen LogP contribution is -2.43. The number of aromatic amines is 1. The zero-order valence-electron chi connectivity index (χ0n) is 14.1. The van der Waals surface area contributed by atoms with Crippen LogP contribution in [-0.2, 0) is 21.8 Å². The molecule has 0 saturated heterocycles. The Hall–Kier alpha value is -2.73. The van der Waals surface area contributed by atoms with Crippen LogP contribution in [0.15, 0.2) is 60.8 Å². The summed E-state index contributed by atoms with van der Waals surface area (Å²) >= 11 is 1.47. The van der Waals surface area contributed by atoms with E-state index < -0.39 is 12.0 Å². The lowest BCUT2D eigenvalue weighted by atomic mass is 10.1. The van der Waals surface area contributed by atoms with Gasteiger partial charge in [-0.3, -0.25) is 4.79 Å². The Labute approximate surface area is 155 Å². The van der Waals surface area contributed by atoms with Crippen molar-refractivity contribution < 1.29 is 14.7 Å². The number of aliphatic carboxylic acids is 1. The van der Waals surface area contributed by atoms with Crippen LogP contribution in [-0.4, -0.2) is 33.8 Å². The Kier molecular flexibility index (Phi) is 5.96. The van der Waals surface area contributed by atoms with Crippen molar-refractivity contribution in [2.24, 2.45) is 0 Å². The van der Waals surface area contributed by atoms with Crippen molar-refractivity contribution in [1.29, 1.82) is 0 Å². The van der Waals surface area contributed by atoms with E-state index in [9.17, 15) is 14.7 Å². The van der Waals surface area contributed by atoms with Gasteiger partial charge in [-0.25, -0.2) is 4.79 Å². The molecule has 0 radical (unpaired) electrons. The summed E-state index contributed by atoms with van der Waals surface area (Å²) < 4.78 is 0. The molecule has 3 aromatic rings. The Bertz CT molecular complexity index is 892. The zero-order valence-corrected chi connectivity index (χ0v) is 15.0. The number of thioether (sulfide) groups is 1. The van der Waals surface area contributed by atoms with Gasteiger partial charge in [0.2, 0.25) is 5.91 Å². The van der Waals surface area contributed by atoms with E-state index in [4.69, 9.17) is 0 Å². The maximum Gasteiger partial charge on any atom is 0.326 e. The van der Waals surface area contributed by atoms with Crippen molar-refractivity contribution >= 4 is 34.5 Å². The van der Waals surface area contributed by atoms with E-state index in [0.29, 0.717) is 5.75 Å². The third-order valence-corrected chi connectivity index (χ3v) is 5.08. The SMILES string of the molecule is O=C(CSCc1ccccc1)N[C@H](Cc1c[nH]c2ccccc12)C(=O)O. The highest BCUT2D eigenvalue weighted by atomic mass is 32.2. The van der Waals surface area contributed by atoms with Crippen LogP contribution in [0.4, 0.5) is 0 Å². The van der Waals surface area contributed by atoms with E-state index in [1.807, 2.05) is 54.6 Å². The predicted molar refractivity (Wildman–Crippen MR) is 104 cm³/mol. The molecule has 0 aliphatic rings. The number of hydrogen-bond acceptors (Lipinski definition) is 3. The molecule has 0 aliphatic heterocycles. The summed E-state index contributed by atoms with van der Waals surface area (Å²) in [4.78, 5) is 26.8. The third-order valence-electron chi connectivity index (χ3n) is 4.08. The first-order valence-corrected chi connectivity index (χ1v) is 9.48. The highest BCUT2D eigenvalue weighted by Crippen LogP contribution is 2.19. The molecule has 0 saturated carbocycles. The topological polar surface area (TPSA) is 82.2 Å². The van der Waals surface area contributed by atoms with Gasteiger partial charge in [0.1, 0.15) is 6.04 Å². The van der Waals surface area contributed by atoms with Gasteiger partial charge in [-0.15, -0.1) is 11.8 Å². The number of aromatic nitrogens is 1. The number of hydrogen-bond donors (Lipinski definition) is 3. The van der Waals surface area contributed by atoms with Crippen molar-refractivity contribution in [2.75, 3.05) is 5.75 Å². The van der Waals surface area contributed by atoms with Gasteiger partial charge >= 0.3 is 5.97 Å². The monoisotopic (exact) mass is 368 g/mol. The van der Waals surface area contributed by atoms with E-state index in [1.54, 1.807) is 6.20 Å². The number of fused-ring (bicyclic) bond motifs is 1. The van der Waals surface area contributed by atoms with Crippen molar-refractivity contribution in [3.8, 4) is 0 Å². The number of nitrogens with one attached hydrogen (secondary N) is 2. The van der Waals surface area contributed by atoms with Gasteiger partial charge in [0, 0.05) is 29.3 Å². The normalized spacial score (nSPS) is 12.0. The number of carbonyl (C=O) groups is 2. The first-order chi connectivity index (χ1) is 12.6. The number of carboxylic acid groups (broad SMARTS) is 1. The quantitative estimate of drug-likeness (QED) is 0.570. The van der Waals surface area contributed by atoms with Crippen LogP contribution >= 0.6 is 11.8 Å². The summed E-state index contributed by atoms with van der Waals surface area (Å²) in [5, 5.41) is 13.1. The molecule has 3 rings (SSSR count). The van der Waals surface area contributed by atoms with Crippen molar-refractivity contribution in [1.82, 2.24) is 10.3 Å². The van der Waals surface area contributed by atoms with E-state index in [0.717, 1.165) is 22.0 Å². The van der Waals surface area contributed by atoms with Crippen molar-refractivity contribution in [2.45, 2.75) is 18.2 Å². The third kappa shape index (κ3) is 4.67. The molecule has 3 N–H and O–H groups in total. The first kappa shape index (κ1) is 18.1. The maximum absolute atomic E-state index is 12.1. The number of rotatable bonds is 8. The molecule has 0 aliphatic carbocycles. The number of H-pyrrole nitrogens is 1. The Balaban J connectivity index is 1.56. The fraction of sp³-hybridized carbons (Fsp3) is 0.200. The summed E-state index contributed by atoms with van der Waals surface area (Å²) in [5.41, 5.74) is 2.97. The second-order valence-corrected chi connectivity index (χ2v) is 6.99. The summed E-state index contributed by atoms with van der Waals surface area (Å²) in [6.45, 7) is 0. The minimum Gasteiger partial charge on any atom is -0.480 e. The molecule has 0 unspecified atom stereocenters. The Morgan fingerprint density at radius 1 is 1.08 bits per heavy atom. The van der Waals surface area contributed by atoms with E-state index >= 15 is 0 Å². The van der Waals surface area contributed by atoms with Crippen molar-refractivity contribution in [3.05, 3.63) is 71.9 Å². The highest BCUT2D eigenvalue weighted by Gasteiger charge is 2.21. The van der Waals surface area contributed by atoms with Gasteiger partial charge in [-0.2, -0.15) is 0 Å². The average molecular weight is 368 g/mol. The van der Waals surface area contributed by atoms with Crippen LogP contribution in [0.3, 0.4) is 0 Å². The van der Waals surface area contributed by atoms with Crippen LogP contribution in [0.5, 0.6) is 0 Å². The summed E-state index contributed by atoms with van der Waals surface area (Å²) in [6, 6.07) is 16.6. The number of carboxylic acids is 1. The van der Waals surface area contributed by atoms with E-state index in [2.05, 4.69) is 10.3 Å². The van der Waals surface area contributed by atoms with Crippen molar-refractivity contribution in [3.63, 3.8) is 0 Å². The molecule has 0 fully saturated rings. The Morgan fingerprint density at radius 3 is 2.58 bits per heavy atom. The molecule has 5 nitrogen and oxygen atoms in total. The van der Waals surface area contributed by atoms with Crippen LogP contribution in [0.25, 0.3) is 10.9 Å². The Morgan fingerprint density at radius 2 is 1.81 bits per heavy atom. The molecule has 26 heavy (non-hydrogen) atoms. The molecule has 1 amide bonds. The van der Waals surface area contributed by atoms with Crippen LogP contribution in [0, 0.1) is 0 Å². The molecule has 1 aromatic heterocycles. The molecule has 0 bridgehead atoms. The minimum absolute atomic E-state index is 0.229. The highest BCUT2D eigenvalue weighted by molar-refractivity contribution is 7.99. The molecule has 134 valence electrons. The second-order valence-electron chi connectivity index (χ2n) is 6.00. The molecule has 2 aromatic carbocycles. The van der Waals surface area contributed by atoms with Gasteiger partial charge in [-0.05, 0) is 17.2 Å². The molecule has 1 atom stereocenters. The van der Waals surface area contributed by atoms with Gasteiger partial charge in [0.05, 0.1) is 5.75 Å². The first-order valence-electron chi connectivity index (χ1n) is 8.32. The predicted octanol–water partition coefficient (Wildman–Crippen LogP) is 3.21. The van der Waals surface area contributed by atoms with Gasteiger partial charge in [0.15, 0.2) is 0 Å². The lowest BCUT2D eigenvalue weighted by Gasteiger charge is -2.14. The standard InChI is InChI=1S/C20H20N2O3S/c23-19(13-26-12-14-6-2-1-3-7-14)22-18(20(24)25)10-15-11-21-17-9-5-4-8-16(15)17/h1-9,11,18,21H,10,12-13H2,(H,22,23)(H,24,25)/t18-/m1/s1. The fourth-order valence-corrected chi connectivity index (χ4v) is 3.59. The second kappa shape index (κ2) is 8.58. The van der Waals surface area contributed by atoms with E-state index in [-0.39, 0.29) is 18.1 Å². The van der Waals surface area contributed by atoms with Crippen LogP contribution < -0.4 is 5.32 Å². The van der Waals surface area contributed by atoms with Gasteiger partial charge in [0.25, 0.3) is 0 Å². The largest absolute Gasteiger partial charge is 0.480 e. The average Bonchev–Trinajstić information content (AvgIpc) is 3.05. The minimum atomic E-state index is -1.03. The molecular weight excluding hydrogens is 348 g/mol. The summed E-state index contributed by atoms with van der Waals surface area (Å²) in [7, 11) is 0. The molecule has 0 spiro atoms. The fourth-order valence-electron chi connectivity index (χ4n) is 2.79. The number of amides is 1. The molecule has 6 heteroatoms. The van der Waals surface area contributed by atoms with Gasteiger partial charge < -0.3 is 15.4 Å². The molecular formula is C20H20N2O3S. The van der Waals surface area contributed by atoms with E-state index in [1.165, 1.54) is 11.8 Å². The van der Waals surface area contributed by atoms with Crippen LogP contribution in [0.1, 0.15) is 11.1 Å². The number of benzene rings is 2. The summed E-state index contributed by atoms with van der Waals surface area (Å²) in [5.74, 6) is -0.351. The molecule has 1 heterocycles. The van der Waals surface area contributed by atoms with Crippen LogP contribution in [0.2, 0.25) is 0 Å². The zero-order chi connectivity index (χ0) is 18.4. The maximum atomic E-state index is 12.1. The smallest absolute Gasteiger partial charge is 0.326 e. The number of carbonyl (C=O) groups excluding carboxylic acids is 1.